The fourth-order valence-electron chi connectivity index (χ4n) is 1.38. The summed E-state index contributed by atoms with van der Waals surface area (Å²) in [6.45, 7) is 0.627. The first kappa shape index (κ1) is 11.7. The Bertz CT molecular complexity index is 548. The minimum absolute atomic E-state index is 0.155. The molecule has 0 aromatic carbocycles. The Hall–Kier alpha value is -1.82. The van der Waals surface area contributed by atoms with Crippen LogP contribution in [0.3, 0.4) is 0 Å². The number of aromatic amines is 1. The van der Waals surface area contributed by atoms with Crippen LogP contribution in [0.25, 0.3) is 0 Å². The maximum Gasteiger partial charge on any atom is 0.287 e. The number of aromatic nitrogens is 4. The molecule has 0 amide bonds. The first-order chi connectivity index (χ1) is 8.18. The highest BCUT2D eigenvalue weighted by Crippen LogP contribution is 2.14. The van der Waals surface area contributed by atoms with Gasteiger partial charge in [-0.2, -0.15) is 5.10 Å². The van der Waals surface area contributed by atoms with Gasteiger partial charge in [-0.3, -0.25) is 4.79 Å². The summed E-state index contributed by atoms with van der Waals surface area (Å²) in [5, 5.41) is 7.09. The second-order valence-electron chi connectivity index (χ2n) is 3.51. The van der Waals surface area contributed by atoms with Crippen LogP contribution in [0.4, 0.5) is 5.69 Å². The monoisotopic (exact) mass is 253 g/mol. The molecular weight excluding hydrogens is 242 g/mol. The first-order valence-electron chi connectivity index (χ1n) is 5.12. The third-order valence-electron chi connectivity index (χ3n) is 2.31. The molecule has 2 aromatic heterocycles. The molecule has 90 valence electrons. The summed E-state index contributed by atoms with van der Waals surface area (Å²) >= 11 is 5.90. The van der Waals surface area contributed by atoms with Crippen molar-refractivity contribution in [2.45, 2.75) is 6.42 Å². The molecule has 17 heavy (non-hydrogen) atoms. The van der Waals surface area contributed by atoms with E-state index in [9.17, 15) is 4.79 Å². The quantitative estimate of drug-likeness (QED) is 0.846. The smallest absolute Gasteiger partial charge is 0.287 e. The maximum atomic E-state index is 11.5. The number of halogens is 1. The number of hydrogen-bond acceptors (Lipinski definition) is 4. The van der Waals surface area contributed by atoms with E-state index in [1.807, 2.05) is 0 Å². The number of hydrogen-bond donors (Lipinski definition) is 2. The zero-order chi connectivity index (χ0) is 12.3. The normalized spacial score (nSPS) is 10.5. The van der Waals surface area contributed by atoms with Gasteiger partial charge in [-0.25, -0.2) is 9.67 Å². The molecular formula is C10H12ClN5O. The lowest BCUT2D eigenvalue weighted by molar-refractivity contribution is 0.708. The van der Waals surface area contributed by atoms with Gasteiger partial charge in [0.15, 0.2) is 0 Å². The zero-order valence-electron chi connectivity index (χ0n) is 9.27. The van der Waals surface area contributed by atoms with Crippen molar-refractivity contribution in [2.75, 3.05) is 11.9 Å². The number of anilines is 1. The van der Waals surface area contributed by atoms with Crippen molar-refractivity contribution in [3.05, 3.63) is 39.8 Å². The van der Waals surface area contributed by atoms with E-state index in [4.69, 9.17) is 11.6 Å². The molecule has 0 spiro atoms. The lowest BCUT2D eigenvalue weighted by Gasteiger charge is -2.07. The average molecular weight is 254 g/mol. The van der Waals surface area contributed by atoms with Gasteiger partial charge in [-0.1, -0.05) is 11.6 Å². The Labute approximate surface area is 103 Å². The van der Waals surface area contributed by atoms with Crippen LogP contribution in [-0.4, -0.2) is 26.3 Å². The summed E-state index contributed by atoms with van der Waals surface area (Å²) in [6, 6.07) is 0. The highest BCUT2D eigenvalue weighted by molar-refractivity contribution is 6.32. The second kappa shape index (κ2) is 5.01. The molecule has 2 heterocycles. The van der Waals surface area contributed by atoms with E-state index < -0.39 is 0 Å². The Morgan fingerprint density at radius 3 is 3.12 bits per heavy atom. The molecule has 0 aliphatic rings. The number of nitrogens with one attached hydrogen (secondary N) is 2. The Kier molecular flexibility index (Phi) is 3.43. The number of H-pyrrole nitrogens is 1. The zero-order valence-corrected chi connectivity index (χ0v) is 10.0. The number of imidazole rings is 1. The molecule has 2 N–H and O–H groups in total. The van der Waals surface area contributed by atoms with E-state index in [0.717, 1.165) is 12.2 Å². The minimum atomic E-state index is -0.310. The topological polar surface area (TPSA) is 75.6 Å². The number of aryl methyl sites for hydroxylation is 1. The van der Waals surface area contributed by atoms with Gasteiger partial charge >= 0.3 is 0 Å². The predicted octanol–water partition coefficient (Wildman–Crippen LogP) is 0.811. The van der Waals surface area contributed by atoms with E-state index in [-0.39, 0.29) is 10.6 Å². The van der Waals surface area contributed by atoms with E-state index in [2.05, 4.69) is 20.4 Å². The third-order valence-corrected chi connectivity index (χ3v) is 2.68. The van der Waals surface area contributed by atoms with Gasteiger partial charge in [0.25, 0.3) is 5.56 Å². The predicted molar refractivity (Wildman–Crippen MR) is 65.3 cm³/mol. The van der Waals surface area contributed by atoms with E-state index >= 15 is 0 Å². The number of rotatable bonds is 4. The Morgan fingerprint density at radius 1 is 1.59 bits per heavy atom. The Morgan fingerprint density at radius 2 is 2.41 bits per heavy atom. The molecule has 0 radical (unpaired) electrons. The van der Waals surface area contributed by atoms with Crippen LogP contribution in [-0.2, 0) is 13.5 Å². The van der Waals surface area contributed by atoms with E-state index in [1.54, 1.807) is 19.4 Å². The molecule has 2 rings (SSSR count). The van der Waals surface area contributed by atoms with Gasteiger partial charge in [-0.15, -0.1) is 0 Å². The molecule has 0 unspecified atom stereocenters. The van der Waals surface area contributed by atoms with Crippen molar-refractivity contribution in [3.63, 3.8) is 0 Å². The highest BCUT2D eigenvalue weighted by Gasteiger charge is 2.06. The molecule has 0 saturated heterocycles. The SMILES string of the molecule is Cn1ncc(NCCc2ncc[nH]2)c(Cl)c1=O. The lowest BCUT2D eigenvalue weighted by Crippen LogP contribution is -2.21. The summed E-state index contributed by atoms with van der Waals surface area (Å²) < 4.78 is 1.19. The van der Waals surface area contributed by atoms with Crippen LogP contribution in [0, 0.1) is 0 Å². The first-order valence-corrected chi connectivity index (χ1v) is 5.50. The molecule has 2 aromatic rings. The van der Waals surface area contributed by atoms with Crippen LogP contribution in [0.1, 0.15) is 5.82 Å². The van der Waals surface area contributed by atoms with Crippen molar-refractivity contribution < 1.29 is 0 Å². The molecule has 0 bridgehead atoms. The van der Waals surface area contributed by atoms with Crippen LogP contribution in [0.2, 0.25) is 5.02 Å². The van der Waals surface area contributed by atoms with Gasteiger partial charge in [0.05, 0.1) is 11.9 Å². The summed E-state index contributed by atoms with van der Waals surface area (Å²) in [7, 11) is 1.56. The van der Waals surface area contributed by atoms with Crippen molar-refractivity contribution >= 4 is 17.3 Å². The fourth-order valence-corrected chi connectivity index (χ4v) is 1.62. The maximum absolute atomic E-state index is 11.5. The van der Waals surface area contributed by atoms with Gasteiger partial charge in [0, 0.05) is 32.4 Å². The lowest BCUT2D eigenvalue weighted by atomic mass is 10.4. The van der Waals surface area contributed by atoms with Crippen LogP contribution in [0.15, 0.2) is 23.4 Å². The van der Waals surface area contributed by atoms with Gasteiger partial charge < -0.3 is 10.3 Å². The van der Waals surface area contributed by atoms with Crippen LogP contribution < -0.4 is 10.9 Å². The van der Waals surface area contributed by atoms with Crippen molar-refractivity contribution in [3.8, 4) is 0 Å². The summed E-state index contributed by atoms with van der Waals surface area (Å²) in [6.07, 6.45) is 5.72. The van der Waals surface area contributed by atoms with Gasteiger partial charge in [0.1, 0.15) is 10.8 Å². The minimum Gasteiger partial charge on any atom is -0.382 e. The highest BCUT2D eigenvalue weighted by atomic mass is 35.5. The van der Waals surface area contributed by atoms with Crippen molar-refractivity contribution in [1.29, 1.82) is 0 Å². The summed E-state index contributed by atoms with van der Waals surface area (Å²) in [4.78, 5) is 18.6. The molecule has 0 aliphatic carbocycles. The van der Waals surface area contributed by atoms with Crippen molar-refractivity contribution in [1.82, 2.24) is 19.7 Å². The molecule has 0 fully saturated rings. The van der Waals surface area contributed by atoms with Crippen LogP contribution >= 0.6 is 11.6 Å². The molecule has 0 saturated carbocycles. The third kappa shape index (κ3) is 2.65. The largest absolute Gasteiger partial charge is 0.382 e. The standard InChI is InChI=1S/C10H12ClN5O/c1-16-10(17)9(11)7(6-15-16)12-3-2-8-13-4-5-14-8/h4-6,12H,2-3H2,1H3,(H,13,14). The van der Waals surface area contributed by atoms with Crippen molar-refractivity contribution in [2.24, 2.45) is 7.05 Å². The van der Waals surface area contributed by atoms with E-state index in [1.165, 1.54) is 10.9 Å². The summed E-state index contributed by atoms with van der Waals surface area (Å²) in [5.74, 6) is 0.880. The fraction of sp³-hybridized carbons (Fsp3) is 0.300. The Balaban J connectivity index is 2.00. The van der Waals surface area contributed by atoms with Gasteiger partial charge in [-0.05, 0) is 0 Å². The number of nitrogens with zero attached hydrogens (tertiary/aromatic N) is 3. The average Bonchev–Trinajstić information content (AvgIpc) is 2.82. The molecule has 0 atom stereocenters. The second-order valence-corrected chi connectivity index (χ2v) is 3.89. The molecule has 6 nitrogen and oxygen atoms in total. The molecule has 0 aliphatic heterocycles. The summed E-state index contributed by atoms with van der Waals surface area (Å²) in [5.41, 5.74) is 0.232. The molecule has 7 heteroatoms. The van der Waals surface area contributed by atoms with Crippen LogP contribution in [0.5, 0.6) is 0 Å². The van der Waals surface area contributed by atoms with Gasteiger partial charge in [0.2, 0.25) is 0 Å². The van der Waals surface area contributed by atoms with E-state index in [0.29, 0.717) is 12.2 Å².